The molecule has 0 spiro atoms. The van der Waals surface area contributed by atoms with Crippen LogP contribution < -0.4 is 4.72 Å². The first-order valence-corrected chi connectivity index (χ1v) is 7.05. The number of sulfonamides is 1. The summed E-state index contributed by atoms with van der Waals surface area (Å²) in [5, 5.41) is 4.01. The Bertz CT molecular complexity index is 479. The van der Waals surface area contributed by atoms with E-state index < -0.39 is 10.0 Å². The van der Waals surface area contributed by atoms with Crippen molar-refractivity contribution in [3.05, 3.63) is 12.3 Å². The molecule has 1 aromatic heterocycles. The summed E-state index contributed by atoms with van der Waals surface area (Å²) in [4.78, 5) is 0. The fourth-order valence-electron chi connectivity index (χ4n) is 1.48. The predicted octanol–water partition coefficient (Wildman–Crippen LogP) is 0.717. The maximum atomic E-state index is 11.9. The predicted molar refractivity (Wildman–Crippen MR) is 60.8 cm³/mol. The highest BCUT2D eigenvalue weighted by Crippen LogP contribution is 2.46. The van der Waals surface area contributed by atoms with Crippen molar-refractivity contribution in [2.75, 3.05) is 12.4 Å². The lowest BCUT2D eigenvalue weighted by Crippen LogP contribution is -2.32. The fourth-order valence-corrected chi connectivity index (χ4v) is 3.12. The van der Waals surface area contributed by atoms with Gasteiger partial charge in [-0.25, -0.2) is 13.1 Å². The van der Waals surface area contributed by atoms with Crippen molar-refractivity contribution < 1.29 is 8.42 Å². The van der Waals surface area contributed by atoms with Gasteiger partial charge in [-0.2, -0.15) is 5.10 Å². The molecule has 0 saturated heterocycles. The molecule has 1 fully saturated rings. The number of rotatable bonds is 5. The van der Waals surface area contributed by atoms with Gasteiger partial charge in [-0.1, -0.05) is 0 Å². The summed E-state index contributed by atoms with van der Waals surface area (Å²) in [5.41, 5.74) is -0.0206. The van der Waals surface area contributed by atoms with Crippen LogP contribution in [0.15, 0.2) is 17.3 Å². The van der Waals surface area contributed by atoms with Crippen molar-refractivity contribution in [2.24, 2.45) is 12.5 Å². The number of nitrogens with zero attached hydrogens (tertiary/aromatic N) is 2. The number of aromatic nitrogens is 2. The van der Waals surface area contributed by atoms with Crippen molar-refractivity contribution in [2.45, 2.75) is 17.9 Å². The lowest BCUT2D eigenvalue weighted by molar-refractivity contribution is 0.525. The van der Waals surface area contributed by atoms with Gasteiger partial charge < -0.3 is 0 Å². The van der Waals surface area contributed by atoms with Gasteiger partial charge >= 0.3 is 0 Å². The number of hydrogen-bond acceptors (Lipinski definition) is 3. The Hall–Kier alpha value is -0.590. The number of nitrogens with one attached hydrogen (secondary N) is 1. The maximum absolute atomic E-state index is 11.9. The van der Waals surface area contributed by atoms with E-state index in [0.29, 0.717) is 12.4 Å². The van der Waals surface area contributed by atoms with Crippen molar-refractivity contribution in [3.63, 3.8) is 0 Å². The molecule has 0 radical (unpaired) electrons. The van der Waals surface area contributed by atoms with Crippen LogP contribution in [-0.2, 0) is 17.1 Å². The zero-order chi connectivity index (χ0) is 11.8. The van der Waals surface area contributed by atoms with Crippen LogP contribution in [0.2, 0.25) is 0 Å². The molecule has 0 amide bonds. The first kappa shape index (κ1) is 11.9. The van der Waals surface area contributed by atoms with Crippen LogP contribution in [0.3, 0.4) is 0 Å². The molecule has 0 unspecified atom stereocenters. The molecule has 1 heterocycles. The average molecular weight is 264 g/mol. The summed E-state index contributed by atoms with van der Waals surface area (Å²) in [7, 11) is -1.86. The number of aryl methyl sites for hydroxylation is 1. The van der Waals surface area contributed by atoms with Gasteiger partial charge in [0.15, 0.2) is 5.03 Å². The first-order chi connectivity index (χ1) is 7.49. The van der Waals surface area contributed by atoms with E-state index >= 15 is 0 Å². The zero-order valence-corrected chi connectivity index (χ0v) is 10.6. The van der Waals surface area contributed by atoms with Crippen molar-refractivity contribution >= 4 is 21.6 Å². The SMILES string of the molecule is Cn1nccc1S(=O)(=O)NCC1(CCl)CC1. The number of alkyl halides is 1. The molecule has 1 aliphatic carbocycles. The molecule has 16 heavy (non-hydrogen) atoms. The molecule has 0 bridgehead atoms. The fraction of sp³-hybridized carbons (Fsp3) is 0.667. The van der Waals surface area contributed by atoms with Crippen molar-refractivity contribution in [1.82, 2.24) is 14.5 Å². The highest BCUT2D eigenvalue weighted by atomic mass is 35.5. The van der Waals surface area contributed by atoms with Gasteiger partial charge in [-0.15, -0.1) is 11.6 Å². The Morgan fingerprint density at radius 2 is 2.31 bits per heavy atom. The smallest absolute Gasteiger partial charge is 0.256 e. The van der Waals surface area contributed by atoms with Crippen molar-refractivity contribution in [1.29, 1.82) is 0 Å². The third kappa shape index (κ3) is 2.23. The molecule has 1 aromatic rings. The van der Waals surface area contributed by atoms with Crippen LogP contribution in [0.5, 0.6) is 0 Å². The minimum atomic E-state index is -3.46. The Balaban J connectivity index is 2.07. The third-order valence-electron chi connectivity index (χ3n) is 2.93. The molecular weight excluding hydrogens is 250 g/mol. The maximum Gasteiger partial charge on any atom is 0.257 e. The van der Waals surface area contributed by atoms with Crippen LogP contribution >= 0.6 is 11.6 Å². The molecule has 5 nitrogen and oxygen atoms in total. The lowest BCUT2D eigenvalue weighted by atomic mass is 10.1. The summed E-state index contributed by atoms with van der Waals surface area (Å²) in [6.45, 7) is 0.407. The monoisotopic (exact) mass is 263 g/mol. The summed E-state index contributed by atoms with van der Waals surface area (Å²) in [6, 6.07) is 1.47. The Morgan fingerprint density at radius 1 is 1.62 bits per heavy atom. The molecule has 0 atom stereocenters. The molecular formula is C9H14ClN3O2S. The molecule has 1 N–H and O–H groups in total. The summed E-state index contributed by atoms with van der Waals surface area (Å²) >= 11 is 5.79. The van der Waals surface area contributed by atoms with Gasteiger partial charge in [-0.3, -0.25) is 4.68 Å². The van der Waals surface area contributed by atoms with Gasteiger partial charge in [0.2, 0.25) is 0 Å². The zero-order valence-electron chi connectivity index (χ0n) is 8.98. The minimum Gasteiger partial charge on any atom is -0.256 e. The highest BCUT2D eigenvalue weighted by molar-refractivity contribution is 7.89. The molecule has 1 aliphatic rings. The normalized spacial score (nSPS) is 18.6. The molecule has 0 aromatic carbocycles. The Kier molecular flexibility index (Phi) is 2.98. The topological polar surface area (TPSA) is 64.0 Å². The molecule has 1 saturated carbocycles. The van der Waals surface area contributed by atoms with E-state index in [1.54, 1.807) is 7.05 Å². The second kappa shape index (κ2) is 4.01. The van der Waals surface area contributed by atoms with Gasteiger partial charge in [-0.05, 0) is 24.3 Å². The van der Waals surface area contributed by atoms with E-state index in [2.05, 4.69) is 9.82 Å². The minimum absolute atomic E-state index is 0.0206. The van der Waals surface area contributed by atoms with Gasteiger partial charge in [0, 0.05) is 19.5 Å². The lowest BCUT2D eigenvalue weighted by Gasteiger charge is -2.12. The van der Waals surface area contributed by atoms with Crippen LogP contribution in [0, 0.1) is 5.41 Å². The molecule has 90 valence electrons. The summed E-state index contributed by atoms with van der Waals surface area (Å²) in [5.74, 6) is 0.501. The number of halogens is 1. The second-order valence-corrected chi connectivity index (χ2v) is 6.23. The summed E-state index contributed by atoms with van der Waals surface area (Å²) < 4.78 is 27.7. The van der Waals surface area contributed by atoms with Crippen LogP contribution in [0.1, 0.15) is 12.8 Å². The van der Waals surface area contributed by atoms with Gasteiger partial charge in [0.05, 0.1) is 6.20 Å². The second-order valence-electron chi connectivity index (χ2n) is 4.25. The molecule has 2 rings (SSSR count). The van der Waals surface area contributed by atoms with E-state index in [9.17, 15) is 8.42 Å². The summed E-state index contributed by atoms with van der Waals surface area (Å²) in [6.07, 6.45) is 3.44. The van der Waals surface area contributed by atoms with Crippen LogP contribution in [-0.4, -0.2) is 30.6 Å². The van der Waals surface area contributed by atoms with E-state index in [1.165, 1.54) is 16.9 Å². The molecule has 0 aliphatic heterocycles. The standard InChI is InChI=1S/C9H14ClN3O2S/c1-13-8(2-5-11-13)16(14,15)12-7-9(6-10)3-4-9/h2,5,12H,3-4,6-7H2,1H3. The Morgan fingerprint density at radius 3 is 2.75 bits per heavy atom. The van der Waals surface area contributed by atoms with E-state index in [4.69, 9.17) is 11.6 Å². The third-order valence-corrected chi connectivity index (χ3v) is 4.97. The molecule has 7 heteroatoms. The average Bonchev–Trinajstić information content (AvgIpc) is 2.91. The highest BCUT2D eigenvalue weighted by Gasteiger charge is 2.42. The van der Waals surface area contributed by atoms with E-state index in [-0.39, 0.29) is 10.4 Å². The van der Waals surface area contributed by atoms with Gasteiger partial charge in [0.25, 0.3) is 10.0 Å². The van der Waals surface area contributed by atoms with Crippen molar-refractivity contribution in [3.8, 4) is 0 Å². The van der Waals surface area contributed by atoms with Gasteiger partial charge in [0.1, 0.15) is 0 Å². The largest absolute Gasteiger partial charge is 0.257 e. The van der Waals surface area contributed by atoms with E-state index in [1.807, 2.05) is 0 Å². The Labute approximate surface area is 99.8 Å². The van der Waals surface area contributed by atoms with Crippen LogP contribution in [0.25, 0.3) is 0 Å². The number of hydrogen-bond donors (Lipinski definition) is 1. The van der Waals surface area contributed by atoms with Crippen LogP contribution in [0.4, 0.5) is 0 Å². The first-order valence-electron chi connectivity index (χ1n) is 5.03. The van der Waals surface area contributed by atoms with E-state index in [0.717, 1.165) is 12.8 Å². The quantitative estimate of drug-likeness (QED) is 0.796.